The molecule has 0 saturated heterocycles. The second kappa shape index (κ2) is 6.43. The Morgan fingerprint density at radius 2 is 2.10 bits per heavy atom. The van der Waals surface area contributed by atoms with Crippen molar-refractivity contribution in [1.29, 1.82) is 0 Å². The summed E-state index contributed by atoms with van der Waals surface area (Å²) in [6.45, 7) is 7.19. The molecule has 0 bridgehead atoms. The van der Waals surface area contributed by atoms with Gasteiger partial charge in [-0.25, -0.2) is 4.79 Å². The Kier molecular flexibility index (Phi) is 5.16. The summed E-state index contributed by atoms with van der Waals surface area (Å²) in [6, 6.07) is 4.75. The fraction of sp³-hybridized carbons (Fsp3) is 0.400. The number of ether oxygens (including phenoxy) is 1. The molecule has 5 nitrogen and oxygen atoms in total. The van der Waals surface area contributed by atoms with E-state index in [0.717, 1.165) is 0 Å². The first-order valence-corrected chi connectivity index (χ1v) is 6.44. The summed E-state index contributed by atoms with van der Waals surface area (Å²) in [6.07, 6.45) is 2.95. The summed E-state index contributed by atoms with van der Waals surface area (Å²) in [4.78, 5) is 11.6. The molecule has 0 radical (unpaired) electrons. The van der Waals surface area contributed by atoms with Crippen LogP contribution >= 0.6 is 0 Å². The average Bonchev–Trinajstić information content (AvgIpc) is 2.24. The quantitative estimate of drug-likeness (QED) is 0.793. The van der Waals surface area contributed by atoms with E-state index >= 15 is 0 Å². The van der Waals surface area contributed by atoms with E-state index in [1.54, 1.807) is 45.1 Å². The van der Waals surface area contributed by atoms with Crippen molar-refractivity contribution in [2.24, 2.45) is 5.73 Å². The summed E-state index contributed by atoms with van der Waals surface area (Å²) in [5, 5.41) is 12.4. The molecule has 1 unspecified atom stereocenters. The molecule has 0 aromatic heterocycles. The molecule has 0 spiro atoms. The van der Waals surface area contributed by atoms with Gasteiger partial charge in [0, 0.05) is 23.4 Å². The third-order valence-electron chi connectivity index (χ3n) is 2.26. The van der Waals surface area contributed by atoms with Crippen molar-refractivity contribution in [3.63, 3.8) is 0 Å². The normalized spacial score (nSPS) is 13.2. The molecule has 1 aromatic rings. The van der Waals surface area contributed by atoms with Gasteiger partial charge < -0.3 is 15.6 Å². The highest BCUT2D eigenvalue weighted by Gasteiger charge is 2.16. The summed E-state index contributed by atoms with van der Waals surface area (Å²) < 4.78 is 5.13. The lowest BCUT2D eigenvalue weighted by molar-refractivity contribution is 0.0636. The van der Waals surface area contributed by atoms with E-state index in [-0.39, 0.29) is 11.8 Å². The van der Waals surface area contributed by atoms with Gasteiger partial charge in [-0.1, -0.05) is 12.2 Å². The summed E-state index contributed by atoms with van der Waals surface area (Å²) in [5.41, 5.74) is 6.14. The summed E-state index contributed by atoms with van der Waals surface area (Å²) >= 11 is 0. The van der Waals surface area contributed by atoms with E-state index < -0.39 is 11.7 Å². The molecule has 20 heavy (non-hydrogen) atoms. The number of anilines is 1. The lowest BCUT2D eigenvalue weighted by Crippen LogP contribution is -2.27. The van der Waals surface area contributed by atoms with Crippen LogP contribution in [0.1, 0.15) is 33.3 Å². The Bertz CT molecular complexity index is 502. The standard InChI is InChI=1S/C15H22N2O3/c1-10(16)5-6-11-7-8-12(9-13(11)18)17-14(19)20-15(2,3)4/h5-10,18H,16H2,1-4H3,(H,17,19)/b6-5+. The second-order valence-electron chi connectivity index (χ2n) is 5.62. The van der Waals surface area contributed by atoms with Crippen molar-refractivity contribution in [3.05, 3.63) is 29.8 Å². The van der Waals surface area contributed by atoms with Gasteiger partial charge in [-0.15, -0.1) is 0 Å². The van der Waals surface area contributed by atoms with Gasteiger partial charge in [0.25, 0.3) is 0 Å². The number of rotatable bonds is 3. The van der Waals surface area contributed by atoms with Crippen molar-refractivity contribution >= 4 is 17.9 Å². The highest BCUT2D eigenvalue weighted by atomic mass is 16.6. The van der Waals surface area contributed by atoms with Crippen LogP contribution in [0.2, 0.25) is 0 Å². The zero-order valence-corrected chi connectivity index (χ0v) is 12.3. The molecule has 0 aliphatic heterocycles. The van der Waals surface area contributed by atoms with Crippen LogP contribution in [-0.4, -0.2) is 22.8 Å². The molecule has 0 aliphatic carbocycles. The maximum Gasteiger partial charge on any atom is 0.412 e. The number of aromatic hydroxyl groups is 1. The van der Waals surface area contributed by atoms with Crippen LogP contribution in [0.5, 0.6) is 5.75 Å². The zero-order valence-electron chi connectivity index (χ0n) is 12.3. The first-order chi connectivity index (χ1) is 9.17. The van der Waals surface area contributed by atoms with Gasteiger partial charge in [0.2, 0.25) is 0 Å². The summed E-state index contributed by atoms with van der Waals surface area (Å²) in [7, 11) is 0. The van der Waals surface area contributed by atoms with Gasteiger partial charge >= 0.3 is 6.09 Å². The number of hydrogen-bond donors (Lipinski definition) is 3. The molecule has 4 N–H and O–H groups in total. The predicted octanol–water partition coefficient (Wildman–Crippen LogP) is 3.10. The molecule has 0 saturated carbocycles. The number of benzene rings is 1. The molecule has 1 amide bonds. The van der Waals surface area contributed by atoms with Gasteiger partial charge in [-0.3, -0.25) is 5.32 Å². The fourth-order valence-electron chi connectivity index (χ4n) is 1.44. The molecule has 1 atom stereocenters. The Morgan fingerprint density at radius 1 is 1.45 bits per heavy atom. The Labute approximate surface area is 119 Å². The molecule has 5 heteroatoms. The topological polar surface area (TPSA) is 84.6 Å². The number of phenolic OH excluding ortho intramolecular Hbond substituents is 1. The molecule has 0 aliphatic rings. The van der Waals surface area contributed by atoms with Crippen molar-refractivity contribution in [2.75, 3.05) is 5.32 Å². The molecular formula is C15H22N2O3. The molecule has 1 aromatic carbocycles. The third kappa shape index (κ3) is 5.75. The van der Waals surface area contributed by atoms with Crippen molar-refractivity contribution < 1.29 is 14.6 Å². The second-order valence-corrected chi connectivity index (χ2v) is 5.62. The van der Waals surface area contributed by atoms with Gasteiger partial charge in [0.15, 0.2) is 0 Å². The van der Waals surface area contributed by atoms with E-state index in [4.69, 9.17) is 10.5 Å². The SMILES string of the molecule is CC(N)/C=C/c1ccc(NC(=O)OC(C)(C)C)cc1O. The van der Waals surface area contributed by atoms with Gasteiger partial charge in [0.05, 0.1) is 0 Å². The predicted molar refractivity (Wildman–Crippen MR) is 80.6 cm³/mol. The Hall–Kier alpha value is -2.01. The lowest BCUT2D eigenvalue weighted by atomic mass is 10.1. The highest BCUT2D eigenvalue weighted by molar-refractivity contribution is 5.85. The number of hydrogen-bond acceptors (Lipinski definition) is 4. The Morgan fingerprint density at radius 3 is 2.60 bits per heavy atom. The molecular weight excluding hydrogens is 256 g/mol. The van der Waals surface area contributed by atoms with Crippen LogP contribution in [0.25, 0.3) is 6.08 Å². The number of amides is 1. The van der Waals surface area contributed by atoms with Crippen LogP contribution in [-0.2, 0) is 4.74 Å². The fourth-order valence-corrected chi connectivity index (χ4v) is 1.44. The molecule has 110 valence electrons. The minimum atomic E-state index is -0.563. The minimum absolute atomic E-state index is 0.0652. The third-order valence-corrected chi connectivity index (χ3v) is 2.26. The van der Waals surface area contributed by atoms with E-state index in [0.29, 0.717) is 11.3 Å². The first-order valence-electron chi connectivity index (χ1n) is 6.44. The largest absolute Gasteiger partial charge is 0.507 e. The number of carbonyl (C=O) groups excluding carboxylic acids is 1. The zero-order chi connectivity index (χ0) is 15.3. The lowest BCUT2D eigenvalue weighted by Gasteiger charge is -2.19. The number of nitrogens with two attached hydrogens (primary N) is 1. The number of carbonyl (C=O) groups is 1. The van der Waals surface area contributed by atoms with E-state index in [1.165, 1.54) is 6.07 Å². The minimum Gasteiger partial charge on any atom is -0.507 e. The van der Waals surface area contributed by atoms with E-state index in [1.807, 2.05) is 6.92 Å². The van der Waals surface area contributed by atoms with Crippen molar-refractivity contribution in [1.82, 2.24) is 0 Å². The monoisotopic (exact) mass is 278 g/mol. The van der Waals surface area contributed by atoms with E-state index in [2.05, 4.69) is 5.32 Å². The number of nitrogens with one attached hydrogen (secondary N) is 1. The van der Waals surface area contributed by atoms with Crippen LogP contribution in [0.15, 0.2) is 24.3 Å². The van der Waals surface area contributed by atoms with E-state index in [9.17, 15) is 9.90 Å². The van der Waals surface area contributed by atoms with Crippen LogP contribution in [0, 0.1) is 0 Å². The van der Waals surface area contributed by atoms with Crippen LogP contribution in [0.3, 0.4) is 0 Å². The van der Waals surface area contributed by atoms with Crippen LogP contribution in [0.4, 0.5) is 10.5 Å². The van der Waals surface area contributed by atoms with Gasteiger partial charge in [-0.05, 0) is 39.8 Å². The summed E-state index contributed by atoms with van der Waals surface area (Å²) in [5.74, 6) is 0.0652. The maximum absolute atomic E-state index is 11.6. The molecule has 1 rings (SSSR count). The van der Waals surface area contributed by atoms with Crippen LogP contribution < -0.4 is 11.1 Å². The molecule has 0 heterocycles. The Balaban J connectivity index is 2.75. The highest BCUT2D eigenvalue weighted by Crippen LogP contribution is 2.23. The van der Waals surface area contributed by atoms with Gasteiger partial charge in [0.1, 0.15) is 11.4 Å². The number of phenols is 1. The molecule has 0 fully saturated rings. The maximum atomic E-state index is 11.6. The van der Waals surface area contributed by atoms with Gasteiger partial charge in [-0.2, -0.15) is 0 Å². The van der Waals surface area contributed by atoms with Crippen molar-refractivity contribution in [2.45, 2.75) is 39.3 Å². The average molecular weight is 278 g/mol. The smallest absolute Gasteiger partial charge is 0.412 e. The first kappa shape index (κ1) is 16.0. The van der Waals surface area contributed by atoms with Crippen molar-refractivity contribution in [3.8, 4) is 5.75 Å².